The number of benzene rings is 1. The number of nitrogen functional groups attached to an aromatic ring is 1. The molecular weight excluding hydrogens is 226 g/mol. The predicted molar refractivity (Wildman–Crippen MR) is 65.1 cm³/mol. The van der Waals surface area contributed by atoms with Crippen molar-refractivity contribution in [1.82, 2.24) is 5.43 Å². The van der Waals surface area contributed by atoms with Crippen molar-refractivity contribution < 1.29 is 9.53 Å². The number of hydrazine groups is 1. The monoisotopic (exact) mass is 241 g/mol. The van der Waals surface area contributed by atoms with E-state index in [1.807, 2.05) is 0 Å². The Labute approximate surface area is 98.5 Å². The largest absolute Gasteiger partial charge is 0.497 e. The Balaban J connectivity index is 2.83. The maximum Gasteiger partial charge on any atom is 0.247 e. The van der Waals surface area contributed by atoms with Crippen molar-refractivity contribution in [2.45, 2.75) is 17.1 Å². The maximum atomic E-state index is 11.3. The average Bonchev–Trinajstić information content (AvgIpc) is 2.30. The molecule has 0 aromatic heterocycles. The zero-order valence-electron chi connectivity index (χ0n) is 9.19. The van der Waals surface area contributed by atoms with E-state index in [1.54, 1.807) is 32.2 Å². The molecule has 1 rings (SSSR count). The molecule has 16 heavy (non-hydrogen) atoms. The number of amides is 1. The van der Waals surface area contributed by atoms with E-state index in [0.29, 0.717) is 11.4 Å². The summed E-state index contributed by atoms with van der Waals surface area (Å²) < 4.78 is 5.08. The summed E-state index contributed by atoms with van der Waals surface area (Å²) in [5.41, 5.74) is 8.51. The number of methoxy groups -OCH3 is 1. The van der Waals surface area contributed by atoms with E-state index in [1.165, 1.54) is 11.8 Å². The molecule has 1 amide bonds. The first-order valence-electron chi connectivity index (χ1n) is 4.69. The van der Waals surface area contributed by atoms with Crippen LogP contribution in [0.5, 0.6) is 5.75 Å². The van der Waals surface area contributed by atoms with E-state index in [9.17, 15) is 4.79 Å². The van der Waals surface area contributed by atoms with Gasteiger partial charge < -0.3 is 10.5 Å². The number of carbonyl (C=O) groups excluding carboxylic acids is 1. The second kappa shape index (κ2) is 5.62. The van der Waals surface area contributed by atoms with Crippen LogP contribution < -0.4 is 21.7 Å². The van der Waals surface area contributed by atoms with Crippen LogP contribution in [0.4, 0.5) is 5.69 Å². The van der Waals surface area contributed by atoms with Gasteiger partial charge in [-0.25, -0.2) is 5.84 Å². The molecule has 1 aromatic carbocycles. The fourth-order valence-corrected chi connectivity index (χ4v) is 2.05. The average molecular weight is 241 g/mol. The number of ether oxygens (including phenoxy) is 1. The van der Waals surface area contributed by atoms with E-state index >= 15 is 0 Å². The Morgan fingerprint density at radius 3 is 2.81 bits per heavy atom. The molecule has 1 atom stereocenters. The summed E-state index contributed by atoms with van der Waals surface area (Å²) in [6.07, 6.45) is 0. The quantitative estimate of drug-likeness (QED) is 0.238. The third-order valence-electron chi connectivity index (χ3n) is 2.04. The third-order valence-corrected chi connectivity index (χ3v) is 3.21. The van der Waals surface area contributed by atoms with Crippen LogP contribution in [0.25, 0.3) is 0 Å². The lowest BCUT2D eigenvalue weighted by molar-refractivity contribution is -0.120. The molecule has 88 valence electrons. The summed E-state index contributed by atoms with van der Waals surface area (Å²) >= 11 is 1.34. The highest BCUT2D eigenvalue weighted by Crippen LogP contribution is 2.31. The van der Waals surface area contributed by atoms with Crippen molar-refractivity contribution in [1.29, 1.82) is 0 Å². The molecule has 5 nitrogen and oxygen atoms in total. The normalized spacial score (nSPS) is 11.9. The molecule has 0 saturated carbocycles. The van der Waals surface area contributed by atoms with Crippen molar-refractivity contribution in [3.63, 3.8) is 0 Å². The van der Waals surface area contributed by atoms with Crippen LogP contribution in [0.15, 0.2) is 23.1 Å². The minimum atomic E-state index is -0.306. The Morgan fingerprint density at radius 2 is 2.25 bits per heavy atom. The molecular formula is C10H15N3O2S. The minimum Gasteiger partial charge on any atom is -0.497 e. The molecule has 0 aliphatic heterocycles. The first kappa shape index (κ1) is 12.7. The lowest BCUT2D eigenvalue weighted by Gasteiger charge is -2.12. The van der Waals surface area contributed by atoms with Crippen molar-refractivity contribution in [2.24, 2.45) is 5.84 Å². The lowest BCUT2D eigenvalue weighted by atomic mass is 10.3. The van der Waals surface area contributed by atoms with Gasteiger partial charge in [0.05, 0.1) is 12.4 Å². The van der Waals surface area contributed by atoms with Gasteiger partial charge in [0, 0.05) is 10.6 Å². The van der Waals surface area contributed by atoms with Gasteiger partial charge >= 0.3 is 0 Å². The van der Waals surface area contributed by atoms with E-state index in [2.05, 4.69) is 5.43 Å². The number of hydrogen-bond acceptors (Lipinski definition) is 5. The SMILES string of the molecule is COc1ccc(N)c(SC(C)C(=O)NN)c1. The number of rotatable bonds is 4. The molecule has 0 spiro atoms. The highest BCUT2D eigenvalue weighted by Gasteiger charge is 2.14. The number of nitrogens with one attached hydrogen (secondary N) is 1. The van der Waals surface area contributed by atoms with E-state index in [0.717, 1.165) is 4.90 Å². The van der Waals surface area contributed by atoms with Gasteiger partial charge in [0.15, 0.2) is 0 Å². The molecule has 0 saturated heterocycles. The second-order valence-corrected chi connectivity index (χ2v) is 4.56. The van der Waals surface area contributed by atoms with Crippen LogP contribution in [0.1, 0.15) is 6.92 Å². The standard InChI is InChI=1S/C10H15N3O2S/c1-6(10(14)13-12)16-9-5-7(15-2)3-4-8(9)11/h3-6H,11-12H2,1-2H3,(H,13,14). The Bertz CT molecular complexity index is 384. The molecule has 0 radical (unpaired) electrons. The van der Waals surface area contributed by atoms with Gasteiger partial charge in [0.2, 0.25) is 5.91 Å². The van der Waals surface area contributed by atoms with Gasteiger partial charge in [-0.1, -0.05) is 0 Å². The fourth-order valence-electron chi connectivity index (χ4n) is 1.11. The summed E-state index contributed by atoms with van der Waals surface area (Å²) in [6, 6.07) is 5.31. The Hall–Kier alpha value is -1.40. The van der Waals surface area contributed by atoms with Crippen LogP contribution in [-0.2, 0) is 4.79 Å². The highest BCUT2D eigenvalue weighted by molar-refractivity contribution is 8.00. The number of thioether (sulfide) groups is 1. The predicted octanol–water partition coefficient (Wildman–Crippen LogP) is 0.748. The van der Waals surface area contributed by atoms with Gasteiger partial charge in [-0.2, -0.15) is 0 Å². The molecule has 1 aromatic rings. The van der Waals surface area contributed by atoms with Crippen molar-refractivity contribution in [3.05, 3.63) is 18.2 Å². The van der Waals surface area contributed by atoms with Crippen LogP contribution in [0.2, 0.25) is 0 Å². The molecule has 0 bridgehead atoms. The van der Waals surface area contributed by atoms with Crippen LogP contribution in [0, 0.1) is 0 Å². The van der Waals surface area contributed by atoms with Gasteiger partial charge in [-0.15, -0.1) is 11.8 Å². The van der Waals surface area contributed by atoms with Crippen molar-refractivity contribution >= 4 is 23.4 Å². The number of hydrogen-bond donors (Lipinski definition) is 3. The number of nitrogens with two attached hydrogens (primary N) is 2. The molecule has 1 unspecified atom stereocenters. The van der Waals surface area contributed by atoms with Gasteiger partial charge in [0.1, 0.15) is 5.75 Å². The first-order valence-corrected chi connectivity index (χ1v) is 5.57. The zero-order chi connectivity index (χ0) is 12.1. The van der Waals surface area contributed by atoms with E-state index in [4.69, 9.17) is 16.3 Å². The topological polar surface area (TPSA) is 90.4 Å². The van der Waals surface area contributed by atoms with E-state index in [-0.39, 0.29) is 11.2 Å². The fraction of sp³-hybridized carbons (Fsp3) is 0.300. The first-order chi connectivity index (χ1) is 7.58. The molecule has 0 aliphatic carbocycles. The van der Waals surface area contributed by atoms with Gasteiger partial charge in [-0.05, 0) is 25.1 Å². The summed E-state index contributed by atoms with van der Waals surface area (Å²) in [5.74, 6) is 5.51. The lowest BCUT2D eigenvalue weighted by Crippen LogP contribution is -2.36. The molecule has 0 aliphatic rings. The second-order valence-electron chi connectivity index (χ2n) is 3.17. The maximum absolute atomic E-state index is 11.3. The van der Waals surface area contributed by atoms with Crippen LogP contribution >= 0.6 is 11.8 Å². The highest BCUT2D eigenvalue weighted by atomic mass is 32.2. The van der Waals surface area contributed by atoms with Crippen LogP contribution in [-0.4, -0.2) is 18.3 Å². The molecule has 0 heterocycles. The molecule has 5 N–H and O–H groups in total. The summed E-state index contributed by atoms with van der Waals surface area (Å²) in [6.45, 7) is 1.76. The molecule has 6 heteroatoms. The van der Waals surface area contributed by atoms with Gasteiger partial charge in [-0.3, -0.25) is 10.2 Å². The molecule has 0 fully saturated rings. The number of anilines is 1. The summed E-state index contributed by atoms with van der Waals surface area (Å²) in [7, 11) is 1.58. The van der Waals surface area contributed by atoms with Crippen LogP contribution in [0.3, 0.4) is 0 Å². The van der Waals surface area contributed by atoms with Gasteiger partial charge in [0.25, 0.3) is 0 Å². The summed E-state index contributed by atoms with van der Waals surface area (Å²) in [5, 5.41) is -0.306. The van der Waals surface area contributed by atoms with E-state index < -0.39 is 0 Å². The zero-order valence-corrected chi connectivity index (χ0v) is 10.0. The number of carbonyl (C=O) groups is 1. The van der Waals surface area contributed by atoms with Crippen molar-refractivity contribution in [3.8, 4) is 5.75 Å². The van der Waals surface area contributed by atoms with Crippen molar-refractivity contribution in [2.75, 3.05) is 12.8 Å². The Morgan fingerprint density at radius 1 is 1.56 bits per heavy atom. The summed E-state index contributed by atoms with van der Waals surface area (Å²) in [4.78, 5) is 12.1. The minimum absolute atomic E-state index is 0.243. The Kier molecular flexibility index (Phi) is 4.45. The smallest absolute Gasteiger partial charge is 0.247 e. The third kappa shape index (κ3) is 3.04.